The van der Waals surface area contributed by atoms with Gasteiger partial charge in [0.1, 0.15) is 0 Å². The van der Waals surface area contributed by atoms with Crippen molar-refractivity contribution in [3.8, 4) is 0 Å². The third-order valence-corrected chi connectivity index (χ3v) is 5.61. The highest BCUT2D eigenvalue weighted by Crippen LogP contribution is 2.54. The van der Waals surface area contributed by atoms with E-state index in [9.17, 15) is 0 Å². The van der Waals surface area contributed by atoms with Crippen molar-refractivity contribution >= 4 is 0 Å². The molecule has 2 nitrogen and oxygen atoms in total. The third-order valence-electron chi connectivity index (χ3n) is 5.61. The normalized spacial score (nSPS) is 30.4. The van der Waals surface area contributed by atoms with Crippen LogP contribution in [0.2, 0.25) is 0 Å². The number of hydrogen-bond donors (Lipinski definition) is 1. The standard InChI is InChI=1S/C20H24N2/c1-2-8-15(9-3-1)19-17-11-4-5-12-18(17)20(19)22-14-16-10-6-7-13-21-16/h1-3,6-10,13,17-20,22H,4-5,11-12,14H2/t17-,18-,19-,20-/m0/s1. The van der Waals surface area contributed by atoms with Crippen LogP contribution in [0.15, 0.2) is 54.7 Å². The molecule has 2 aliphatic carbocycles. The minimum Gasteiger partial charge on any atom is -0.307 e. The summed E-state index contributed by atoms with van der Waals surface area (Å²) in [5.41, 5.74) is 2.66. The molecular weight excluding hydrogens is 268 g/mol. The molecule has 2 aliphatic rings. The van der Waals surface area contributed by atoms with E-state index in [0.717, 1.165) is 24.1 Å². The number of nitrogens with one attached hydrogen (secondary N) is 1. The lowest BCUT2D eigenvalue weighted by Gasteiger charge is -2.55. The van der Waals surface area contributed by atoms with Gasteiger partial charge in [0.05, 0.1) is 5.69 Å². The average Bonchev–Trinajstić information content (AvgIpc) is 2.58. The zero-order valence-electron chi connectivity index (χ0n) is 13.0. The Morgan fingerprint density at radius 1 is 0.909 bits per heavy atom. The third kappa shape index (κ3) is 2.56. The van der Waals surface area contributed by atoms with Crippen molar-refractivity contribution in [2.45, 2.75) is 44.2 Å². The second kappa shape index (κ2) is 6.21. The van der Waals surface area contributed by atoms with Crippen molar-refractivity contribution in [3.05, 3.63) is 66.0 Å². The largest absolute Gasteiger partial charge is 0.307 e. The van der Waals surface area contributed by atoms with Gasteiger partial charge >= 0.3 is 0 Å². The number of pyridine rings is 1. The Kier molecular flexibility index (Phi) is 3.94. The summed E-state index contributed by atoms with van der Waals surface area (Å²) in [4.78, 5) is 4.45. The van der Waals surface area contributed by atoms with Crippen molar-refractivity contribution in [3.63, 3.8) is 0 Å². The van der Waals surface area contributed by atoms with E-state index in [0.29, 0.717) is 12.0 Å². The summed E-state index contributed by atoms with van der Waals surface area (Å²) in [5.74, 6) is 2.44. The smallest absolute Gasteiger partial charge is 0.0541 e. The predicted octanol–water partition coefficient (Wildman–Crippen LogP) is 4.14. The van der Waals surface area contributed by atoms with Crippen molar-refractivity contribution in [2.75, 3.05) is 0 Å². The van der Waals surface area contributed by atoms with E-state index < -0.39 is 0 Å². The molecule has 0 spiro atoms. The van der Waals surface area contributed by atoms with Gasteiger partial charge in [-0.2, -0.15) is 0 Å². The van der Waals surface area contributed by atoms with E-state index in [1.807, 2.05) is 12.3 Å². The average molecular weight is 292 g/mol. The molecule has 0 saturated heterocycles. The Morgan fingerprint density at radius 3 is 2.45 bits per heavy atom. The second-order valence-corrected chi connectivity index (χ2v) is 6.78. The summed E-state index contributed by atoms with van der Waals surface area (Å²) in [6, 6.07) is 17.9. The van der Waals surface area contributed by atoms with Crippen LogP contribution in [0.25, 0.3) is 0 Å². The molecule has 2 fully saturated rings. The summed E-state index contributed by atoms with van der Waals surface area (Å²) in [7, 11) is 0. The number of benzene rings is 1. The maximum Gasteiger partial charge on any atom is 0.0541 e. The molecule has 0 unspecified atom stereocenters. The van der Waals surface area contributed by atoms with E-state index >= 15 is 0 Å². The van der Waals surface area contributed by atoms with E-state index in [1.54, 1.807) is 0 Å². The number of nitrogens with zero attached hydrogens (tertiary/aromatic N) is 1. The summed E-state index contributed by atoms with van der Waals surface area (Å²) < 4.78 is 0. The molecule has 0 radical (unpaired) electrons. The fourth-order valence-corrected chi connectivity index (χ4v) is 4.60. The summed E-state index contributed by atoms with van der Waals surface area (Å²) >= 11 is 0. The van der Waals surface area contributed by atoms with Crippen LogP contribution >= 0.6 is 0 Å². The molecule has 1 aromatic heterocycles. The second-order valence-electron chi connectivity index (χ2n) is 6.78. The number of aromatic nitrogens is 1. The SMILES string of the molecule is c1ccc([C@H]2[C@H]3CCCC[C@@H]3[C@@H]2NCc2ccccn2)cc1. The molecule has 1 N–H and O–H groups in total. The highest BCUT2D eigenvalue weighted by Gasteiger charge is 2.50. The summed E-state index contributed by atoms with van der Waals surface area (Å²) in [6.45, 7) is 0.887. The number of hydrogen-bond acceptors (Lipinski definition) is 2. The molecule has 0 bridgehead atoms. The molecule has 0 aliphatic heterocycles. The molecule has 22 heavy (non-hydrogen) atoms. The quantitative estimate of drug-likeness (QED) is 0.916. The van der Waals surface area contributed by atoms with E-state index in [-0.39, 0.29) is 0 Å². The molecule has 114 valence electrons. The minimum absolute atomic E-state index is 0.620. The molecule has 4 atom stereocenters. The van der Waals surface area contributed by atoms with Gasteiger partial charge in [-0.25, -0.2) is 0 Å². The highest BCUT2D eigenvalue weighted by atomic mass is 15.0. The van der Waals surface area contributed by atoms with E-state index in [2.05, 4.69) is 52.8 Å². The minimum atomic E-state index is 0.620. The summed E-state index contributed by atoms with van der Waals surface area (Å²) in [5, 5.41) is 3.82. The van der Waals surface area contributed by atoms with Crippen LogP contribution in [-0.4, -0.2) is 11.0 Å². The van der Waals surface area contributed by atoms with Crippen LogP contribution < -0.4 is 5.32 Å². The molecule has 2 saturated carbocycles. The van der Waals surface area contributed by atoms with Crippen LogP contribution in [0.4, 0.5) is 0 Å². The Morgan fingerprint density at radius 2 is 1.68 bits per heavy atom. The van der Waals surface area contributed by atoms with Gasteiger partial charge in [0, 0.05) is 24.7 Å². The van der Waals surface area contributed by atoms with E-state index in [4.69, 9.17) is 0 Å². The number of rotatable bonds is 4. The van der Waals surface area contributed by atoms with Crippen LogP contribution in [-0.2, 0) is 6.54 Å². The van der Waals surface area contributed by atoms with Gasteiger partial charge in [0.2, 0.25) is 0 Å². The van der Waals surface area contributed by atoms with Gasteiger partial charge in [0.25, 0.3) is 0 Å². The number of fused-ring (bicyclic) bond motifs is 1. The van der Waals surface area contributed by atoms with Crippen molar-refractivity contribution in [2.24, 2.45) is 11.8 Å². The molecule has 1 aromatic carbocycles. The lowest BCUT2D eigenvalue weighted by atomic mass is 9.53. The van der Waals surface area contributed by atoms with Gasteiger partial charge in [-0.05, 0) is 42.4 Å². The monoisotopic (exact) mass is 292 g/mol. The van der Waals surface area contributed by atoms with E-state index in [1.165, 1.54) is 31.2 Å². The fourth-order valence-electron chi connectivity index (χ4n) is 4.60. The Labute approximate surface area is 133 Å². The van der Waals surface area contributed by atoms with Crippen LogP contribution in [0.1, 0.15) is 42.9 Å². The lowest BCUT2D eigenvalue weighted by molar-refractivity contribution is 0.0252. The first-order valence-corrected chi connectivity index (χ1v) is 8.62. The van der Waals surface area contributed by atoms with Crippen LogP contribution in [0.3, 0.4) is 0 Å². The lowest BCUT2D eigenvalue weighted by Crippen LogP contribution is -2.57. The fraction of sp³-hybridized carbons (Fsp3) is 0.450. The van der Waals surface area contributed by atoms with Crippen molar-refractivity contribution in [1.29, 1.82) is 0 Å². The highest BCUT2D eigenvalue weighted by molar-refractivity contribution is 5.28. The van der Waals surface area contributed by atoms with Gasteiger partial charge in [-0.3, -0.25) is 4.98 Å². The van der Waals surface area contributed by atoms with Gasteiger partial charge in [-0.1, -0.05) is 49.2 Å². The first-order valence-electron chi connectivity index (χ1n) is 8.62. The Balaban J connectivity index is 1.50. The van der Waals surface area contributed by atoms with Gasteiger partial charge in [-0.15, -0.1) is 0 Å². The zero-order chi connectivity index (χ0) is 14.8. The first kappa shape index (κ1) is 14.0. The van der Waals surface area contributed by atoms with Gasteiger partial charge < -0.3 is 5.32 Å². The predicted molar refractivity (Wildman–Crippen MR) is 89.5 cm³/mol. The molecular formula is C20H24N2. The van der Waals surface area contributed by atoms with Crippen LogP contribution in [0.5, 0.6) is 0 Å². The molecule has 4 rings (SSSR count). The van der Waals surface area contributed by atoms with Crippen molar-refractivity contribution < 1.29 is 0 Å². The first-order chi connectivity index (χ1) is 10.9. The van der Waals surface area contributed by atoms with Crippen LogP contribution in [0, 0.1) is 11.8 Å². The molecule has 1 heterocycles. The molecule has 2 heteroatoms. The van der Waals surface area contributed by atoms with Gasteiger partial charge in [0.15, 0.2) is 0 Å². The maximum absolute atomic E-state index is 4.45. The molecule has 2 aromatic rings. The summed E-state index contributed by atoms with van der Waals surface area (Å²) in [6.07, 6.45) is 7.51. The van der Waals surface area contributed by atoms with Crippen molar-refractivity contribution in [1.82, 2.24) is 10.3 Å². The topological polar surface area (TPSA) is 24.9 Å². The molecule has 0 amide bonds. The maximum atomic E-state index is 4.45. The Bertz CT molecular complexity index is 596. The Hall–Kier alpha value is -1.67. The zero-order valence-corrected chi connectivity index (χ0v) is 13.0.